The molecule has 1 heterocycles. The van der Waals surface area contributed by atoms with E-state index < -0.39 is 5.82 Å². The number of fused-ring (bicyclic) bond motifs is 1. The molecule has 2 rings (SSSR count). The molecule has 0 saturated heterocycles. The van der Waals surface area contributed by atoms with Gasteiger partial charge in [-0.3, -0.25) is 4.79 Å². The molecule has 0 aliphatic rings. The Morgan fingerprint density at radius 1 is 1.20 bits per heavy atom. The quantitative estimate of drug-likeness (QED) is 0.868. The molecule has 8 heteroatoms. The zero-order chi connectivity index (χ0) is 17.4. The topological polar surface area (TPSA) is 72.1 Å². The molecule has 1 aromatic heterocycles. The number of nitrogens with two attached hydrogens (primary N) is 1. The highest BCUT2D eigenvalue weighted by molar-refractivity contribution is 6.04. The van der Waals surface area contributed by atoms with Crippen molar-refractivity contribution in [2.45, 2.75) is 27.7 Å². The highest BCUT2D eigenvalue weighted by Gasteiger charge is 2.24. The van der Waals surface area contributed by atoms with Crippen molar-refractivity contribution in [3.05, 3.63) is 34.9 Å². The fourth-order valence-electron chi connectivity index (χ4n) is 2.44. The second-order valence-electron chi connectivity index (χ2n) is 6.75. The van der Waals surface area contributed by atoms with Gasteiger partial charge in [0.2, 0.25) is 0 Å². The summed E-state index contributed by atoms with van der Waals surface area (Å²) in [7, 11) is 1.69. The Balaban J connectivity index is 0.00000288. The monoisotopic (exact) mass is 390 g/mol. The Kier molecular flexibility index (Phi) is 8.21. The number of hydrogen-bond acceptors (Lipinski definition) is 4. The highest BCUT2D eigenvalue weighted by atomic mass is 35.5. The van der Waals surface area contributed by atoms with Crippen LogP contribution in [0.25, 0.3) is 11.0 Å². The molecule has 0 bridgehead atoms. The Morgan fingerprint density at radius 3 is 2.32 bits per heavy atom. The van der Waals surface area contributed by atoms with Crippen LogP contribution in [-0.4, -0.2) is 40.9 Å². The van der Waals surface area contributed by atoms with E-state index >= 15 is 0 Å². The lowest BCUT2D eigenvalue weighted by molar-refractivity contribution is 0.0742. The summed E-state index contributed by atoms with van der Waals surface area (Å²) in [4.78, 5) is 23.1. The smallest absolute Gasteiger partial charge is 0.255 e. The predicted molar refractivity (Wildman–Crippen MR) is 103 cm³/mol. The minimum Gasteiger partial charge on any atom is -0.341 e. The van der Waals surface area contributed by atoms with E-state index in [1.54, 1.807) is 11.9 Å². The lowest BCUT2D eigenvalue weighted by atomic mass is 9.93. The number of halogens is 3. The fraction of sp³-hybridized carbons (Fsp3) is 0.471. The highest BCUT2D eigenvalue weighted by Crippen LogP contribution is 2.22. The summed E-state index contributed by atoms with van der Waals surface area (Å²) in [5.41, 5.74) is 8.00. The molecular formula is C17H25Cl2FN4O. The van der Waals surface area contributed by atoms with Gasteiger partial charge in [-0.15, -0.1) is 24.8 Å². The third kappa shape index (κ3) is 5.23. The van der Waals surface area contributed by atoms with Crippen molar-refractivity contribution in [2.24, 2.45) is 11.1 Å². The first-order chi connectivity index (χ1) is 10.6. The number of hydrogen-bond donors (Lipinski definition) is 1. The Bertz CT molecular complexity index is 768. The van der Waals surface area contributed by atoms with Crippen LogP contribution in [0.2, 0.25) is 0 Å². The van der Waals surface area contributed by atoms with Gasteiger partial charge < -0.3 is 10.6 Å². The van der Waals surface area contributed by atoms with Gasteiger partial charge in [0.1, 0.15) is 11.3 Å². The summed E-state index contributed by atoms with van der Waals surface area (Å²) in [5.74, 6) is -0.779. The zero-order valence-corrected chi connectivity index (χ0v) is 16.7. The van der Waals surface area contributed by atoms with E-state index in [1.807, 2.05) is 27.7 Å². The maximum atomic E-state index is 13.9. The molecule has 1 aromatic carbocycles. The van der Waals surface area contributed by atoms with E-state index in [1.165, 1.54) is 12.1 Å². The first-order valence-corrected chi connectivity index (χ1v) is 7.54. The molecule has 2 aromatic rings. The van der Waals surface area contributed by atoms with E-state index in [9.17, 15) is 9.18 Å². The van der Waals surface area contributed by atoms with Crippen LogP contribution >= 0.6 is 24.8 Å². The molecule has 0 unspecified atom stereocenters. The largest absolute Gasteiger partial charge is 0.341 e. The fourth-order valence-corrected chi connectivity index (χ4v) is 2.44. The molecule has 0 spiro atoms. The van der Waals surface area contributed by atoms with Crippen LogP contribution in [0.1, 0.15) is 35.6 Å². The molecule has 25 heavy (non-hydrogen) atoms. The molecule has 1 amide bonds. The molecule has 0 radical (unpaired) electrons. The van der Waals surface area contributed by atoms with Crippen molar-refractivity contribution in [1.29, 1.82) is 0 Å². The number of benzene rings is 1. The predicted octanol–water partition coefficient (Wildman–Crippen LogP) is 3.29. The third-order valence-electron chi connectivity index (χ3n) is 3.94. The Morgan fingerprint density at radius 2 is 1.76 bits per heavy atom. The van der Waals surface area contributed by atoms with Crippen molar-refractivity contribution < 1.29 is 9.18 Å². The van der Waals surface area contributed by atoms with Crippen LogP contribution < -0.4 is 5.73 Å². The van der Waals surface area contributed by atoms with Crippen LogP contribution in [0.5, 0.6) is 0 Å². The average molecular weight is 391 g/mol. The number of nitrogens with zero attached hydrogens (tertiary/aromatic N) is 3. The van der Waals surface area contributed by atoms with Crippen LogP contribution in [0.3, 0.4) is 0 Å². The lowest BCUT2D eigenvalue weighted by Crippen LogP contribution is -2.39. The second kappa shape index (κ2) is 8.74. The standard InChI is InChI=1S/C17H23FN4O.2ClH/c1-10-11(2)21-15-13(6-12(18)7-14(15)20-10)16(23)22(5)9-17(3,4)8-19;;/h6-7H,8-9,19H2,1-5H3;2*1H. The van der Waals surface area contributed by atoms with Gasteiger partial charge in [-0.2, -0.15) is 0 Å². The van der Waals surface area contributed by atoms with Crippen LogP contribution in [-0.2, 0) is 0 Å². The molecule has 2 N–H and O–H groups in total. The van der Waals surface area contributed by atoms with Crippen molar-refractivity contribution >= 4 is 41.8 Å². The maximum Gasteiger partial charge on any atom is 0.255 e. The van der Waals surface area contributed by atoms with E-state index in [0.717, 1.165) is 11.4 Å². The van der Waals surface area contributed by atoms with Gasteiger partial charge in [-0.1, -0.05) is 13.8 Å². The summed E-state index contributed by atoms with van der Waals surface area (Å²) in [6.45, 7) is 8.51. The first-order valence-electron chi connectivity index (χ1n) is 7.54. The summed E-state index contributed by atoms with van der Waals surface area (Å²) >= 11 is 0. The van der Waals surface area contributed by atoms with Crippen molar-refractivity contribution in [3.63, 3.8) is 0 Å². The zero-order valence-electron chi connectivity index (χ0n) is 15.1. The molecule has 5 nitrogen and oxygen atoms in total. The Labute approximate surface area is 160 Å². The van der Waals surface area contributed by atoms with Crippen molar-refractivity contribution in [3.8, 4) is 0 Å². The van der Waals surface area contributed by atoms with E-state index in [0.29, 0.717) is 24.1 Å². The molecule has 0 saturated carbocycles. The number of amides is 1. The van der Waals surface area contributed by atoms with Gasteiger partial charge in [-0.25, -0.2) is 14.4 Å². The van der Waals surface area contributed by atoms with Gasteiger partial charge in [0.15, 0.2) is 0 Å². The molecular weight excluding hydrogens is 366 g/mol. The van der Waals surface area contributed by atoms with Gasteiger partial charge in [0.05, 0.1) is 22.5 Å². The number of rotatable bonds is 4. The summed E-state index contributed by atoms with van der Waals surface area (Å²) < 4.78 is 13.9. The minimum atomic E-state index is -0.495. The number of carbonyl (C=O) groups is 1. The number of carbonyl (C=O) groups excluding carboxylic acids is 1. The van der Waals surface area contributed by atoms with Gasteiger partial charge in [0.25, 0.3) is 5.91 Å². The molecule has 0 aliphatic carbocycles. The first kappa shape index (κ1) is 23.5. The maximum absolute atomic E-state index is 13.9. The summed E-state index contributed by atoms with van der Waals surface area (Å²) in [5, 5.41) is 0. The average Bonchev–Trinajstić information content (AvgIpc) is 2.47. The molecule has 0 atom stereocenters. The van der Waals surface area contributed by atoms with Crippen molar-refractivity contribution in [1.82, 2.24) is 14.9 Å². The van der Waals surface area contributed by atoms with Gasteiger partial charge in [-0.05, 0) is 31.9 Å². The van der Waals surface area contributed by atoms with Crippen LogP contribution in [0.4, 0.5) is 4.39 Å². The van der Waals surface area contributed by atoms with Gasteiger partial charge >= 0.3 is 0 Å². The Hall–Kier alpha value is -1.50. The minimum absolute atomic E-state index is 0. The van der Waals surface area contributed by atoms with E-state index in [-0.39, 0.29) is 41.7 Å². The van der Waals surface area contributed by atoms with Gasteiger partial charge in [0, 0.05) is 19.7 Å². The molecule has 0 aliphatic heterocycles. The summed E-state index contributed by atoms with van der Waals surface area (Å²) in [6, 6.07) is 2.52. The molecule has 0 fully saturated rings. The van der Waals surface area contributed by atoms with Crippen LogP contribution in [0, 0.1) is 25.1 Å². The number of aromatic nitrogens is 2. The van der Waals surface area contributed by atoms with E-state index in [4.69, 9.17) is 5.73 Å². The lowest BCUT2D eigenvalue weighted by Gasteiger charge is -2.29. The number of aryl methyl sites for hydroxylation is 2. The van der Waals surface area contributed by atoms with Crippen LogP contribution in [0.15, 0.2) is 12.1 Å². The summed E-state index contributed by atoms with van der Waals surface area (Å²) in [6.07, 6.45) is 0. The normalized spacial score (nSPS) is 10.8. The second-order valence-corrected chi connectivity index (χ2v) is 6.75. The van der Waals surface area contributed by atoms with Crippen molar-refractivity contribution in [2.75, 3.05) is 20.1 Å². The van der Waals surface area contributed by atoms with E-state index in [2.05, 4.69) is 9.97 Å². The third-order valence-corrected chi connectivity index (χ3v) is 3.94. The SMILES string of the molecule is Cc1nc2cc(F)cc(C(=O)N(C)CC(C)(C)CN)c2nc1C.Cl.Cl. The molecule has 140 valence electrons.